The van der Waals surface area contributed by atoms with Gasteiger partial charge in [-0.2, -0.15) is 8.78 Å². The molecule has 0 spiro atoms. The number of carbonyl (C=O) groups is 1. The Balaban J connectivity index is 2.10. The van der Waals surface area contributed by atoms with Crippen LogP contribution >= 0.6 is 0 Å². The summed E-state index contributed by atoms with van der Waals surface area (Å²) in [6, 6.07) is 0. The van der Waals surface area contributed by atoms with Crippen LogP contribution in [0.4, 0.5) is 17.6 Å². The van der Waals surface area contributed by atoms with E-state index in [2.05, 4.69) is 15.4 Å². The molecule has 0 saturated carbocycles. The Morgan fingerprint density at radius 2 is 2.00 bits per heavy atom. The highest BCUT2D eigenvalue weighted by Gasteiger charge is 2.41. The molecule has 0 aliphatic carbocycles. The molecule has 0 aromatic carbocycles. The van der Waals surface area contributed by atoms with Gasteiger partial charge in [-0.1, -0.05) is 0 Å². The third-order valence-corrected chi connectivity index (χ3v) is 2.89. The summed E-state index contributed by atoms with van der Waals surface area (Å²) in [5.74, 6) is -4.42. The molecule has 8 heteroatoms. The van der Waals surface area contributed by atoms with Gasteiger partial charge in [0, 0.05) is 6.54 Å². The lowest BCUT2D eigenvalue weighted by Crippen LogP contribution is -2.38. The van der Waals surface area contributed by atoms with Crippen molar-refractivity contribution in [1.82, 2.24) is 10.6 Å². The van der Waals surface area contributed by atoms with Crippen LogP contribution in [0, 0.1) is 5.92 Å². The van der Waals surface area contributed by atoms with Crippen LogP contribution in [0.3, 0.4) is 0 Å². The minimum Gasteiger partial charge on any atom is -0.365 e. The van der Waals surface area contributed by atoms with Crippen molar-refractivity contribution in [2.24, 2.45) is 5.92 Å². The van der Waals surface area contributed by atoms with Gasteiger partial charge in [-0.15, -0.1) is 0 Å². The number of halogens is 4. The molecule has 1 fully saturated rings. The Morgan fingerprint density at radius 1 is 1.37 bits per heavy atom. The minimum absolute atomic E-state index is 0.354. The zero-order chi connectivity index (χ0) is 14.3. The summed E-state index contributed by atoms with van der Waals surface area (Å²) in [6.45, 7) is 0.142. The molecular formula is C11H18F4N2O2. The number of hydrogen-bond donors (Lipinski definition) is 2. The van der Waals surface area contributed by atoms with E-state index in [0.29, 0.717) is 12.5 Å². The molecular weight excluding hydrogens is 268 g/mol. The van der Waals surface area contributed by atoms with Gasteiger partial charge in [0.05, 0.1) is 0 Å². The fourth-order valence-electron chi connectivity index (χ4n) is 1.74. The second-order valence-electron chi connectivity index (χ2n) is 4.55. The largest absolute Gasteiger partial charge is 0.365 e. The van der Waals surface area contributed by atoms with E-state index in [0.717, 1.165) is 25.9 Å². The Bertz CT molecular complexity index is 284. The summed E-state index contributed by atoms with van der Waals surface area (Å²) >= 11 is 0. The summed E-state index contributed by atoms with van der Waals surface area (Å²) in [7, 11) is 0. The van der Waals surface area contributed by atoms with Gasteiger partial charge in [-0.3, -0.25) is 4.79 Å². The van der Waals surface area contributed by atoms with Crippen LogP contribution in [-0.4, -0.2) is 51.1 Å². The smallest absolute Gasteiger partial charge is 0.330 e. The molecule has 1 heterocycles. The quantitative estimate of drug-likeness (QED) is 0.687. The molecule has 1 amide bonds. The van der Waals surface area contributed by atoms with Crippen molar-refractivity contribution in [1.29, 1.82) is 0 Å². The fourth-order valence-corrected chi connectivity index (χ4v) is 1.74. The molecule has 112 valence electrons. The van der Waals surface area contributed by atoms with Crippen LogP contribution in [0.2, 0.25) is 0 Å². The lowest BCUT2D eigenvalue weighted by Gasteiger charge is -2.22. The third kappa shape index (κ3) is 6.20. The van der Waals surface area contributed by atoms with Crippen LogP contribution in [0.1, 0.15) is 12.8 Å². The van der Waals surface area contributed by atoms with E-state index >= 15 is 0 Å². The SMILES string of the molecule is O=C(COCC(F)(F)C(F)F)NCC1CCNCC1. The van der Waals surface area contributed by atoms with Crippen molar-refractivity contribution in [2.45, 2.75) is 25.2 Å². The van der Waals surface area contributed by atoms with E-state index in [4.69, 9.17) is 0 Å². The van der Waals surface area contributed by atoms with E-state index in [9.17, 15) is 22.4 Å². The maximum Gasteiger partial charge on any atom is 0.330 e. The Hall–Kier alpha value is -0.890. The number of alkyl halides is 4. The molecule has 0 bridgehead atoms. The predicted octanol–water partition coefficient (Wildman–Crippen LogP) is 1.02. The molecule has 4 nitrogen and oxygen atoms in total. The normalized spacial score (nSPS) is 17.7. The lowest BCUT2D eigenvalue weighted by atomic mass is 9.98. The first-order valence-electron chi connectivity index (χ1n) is 6.13. The van der Waals surface area contributed by atoms with Crippen LogP contribution in [-0.2, 0) is 9.53 Å². The van der Waals surface area contributed by atoms with Crippen LogP contribution in [0.15, 0.2) is 0 Å². The second kappa shape index (κ2) is 7.64. The first-order valence-corrected chi connectivity index (χ1v) is 6.13. The summed E-state index contributed by atoms with van der Waals surface area (Å²) in [4.78, 5) is 11.3. The van der Waals surface area contributed by atoms with E-state index in [1.165, 1.54) is 0 Å². The van der Waals surface area contributed by atoms with Crippen LogP contribution in [0.5, 0.6) is 0 Å². The summed E-state index contributed by atoms with van der Waals surface area (Å²) < 4.78 is 52.8. The number of hydrogen-bond acceptors (Lipinski definition) is 3. The van der Waals surface area contributed by atoms with Gasteiger partial charge in [-0.25, -0.2) is 8.78 Å². The molecule has 0 atom stereocenters. The average molecular weight is 286 g/mol. The van der Waals surface area contributed by atoms with Crippen molar-refractivity contribution in [3.05, 3.63) is 0 Å². The van der Waals surface area contributed by atoms with Gasteiger partial charge in [0.25, 0.3) is 0 Å². The third-order valence-electron chi connectivity index (χ3n) is 2.89. The number of carbonyl (C=O) groups excluding carboxylic acids is 1. The second-order valence-corrected chi connectivity index (χ2v) is 4.55. The Labute approximate surface area is 108 Å². The van der Waals surface area contributed by atoms with E-state index in [-0.39, 0.29) is 0 Å². The molecule has 19 heavy (non-hydrogen) atoms. The van der Waals surface area contributed by atoms with Gasteiger partial charge < -0.3 is 15.4 Å². The van der Waals surface area contributed by atoms with Crippen molar-refractivity contribution in [2.75, 3.05) is 32.8 Å². The monoisotopic (exact) mass is 286 g/mol. The zero-order valence-corrected chi connectivity index (χ0v) is 10.4. The zero-order valence-electron chi connectivity index (χ0n) is 10.4. The number of nitrogens with one attached hydrogen (secondary N) is 2. The number of piperidine rings is 1. The summed E-state index contributed by atoms with van der Waals surface area (Å²) in [6.07, 6.45) is -1.92. The fraction of sp³-hybridized carbons (Fsp3) is 0.909. The van der Waals surface area contributed by atoms with Crippen molar-refractivity contribution in [3.8, 4) is 0 Å². The van der Waals surface area contributed by atoms with E-state index in [1.54, 1.807) is 0 Å². The van der Waals surface area contributed by atoms with Crippen LogP contribution < -0.4 is 10.6 Å². The van der Waals surface area contributed by atoms with Gasteiger partial charge in [0.2, 0.25) is 5.91 Å². The first kappa shape index (κ1) is 16.2. The molecule has 1 rings (SSSR count). The highest BCUT2D eigenvalue weighted by atomic mass is 19.3. The molecule has 0 radical (unpaired) electrons. The summed E-state index contributed by atoms with van der Waals surface area (Å²) in [5.41, 5.74) is 0. The van der Waals surface area contributed by atoms with Crippen molar-refractivity contribution in [3.63, 3.8) is 0 Å². The van der Waals surface area contributed by atoms with Gasteiger partial charge in [0.15, 0.2) is 0 Å². The topological polar surface area (TPSA) is 50.4 Å². The van der Waals surface area contributed by atoms with Crippen LogP contribution in [0.25, 0.3) is 0 Å². The van der Waals surface area contributed by atoms with Crippen molar-refractivity contribution >= 4 is 5.91 Å². The predicted molar refractivity (Wildman–Crippen MR) is 60.4 cm³/mol. The van der Waals surface area contributed by atoms with Gasteiger partial charge in [-0.05, 0) is 31.8 Å². The van der Waals surface area contributed by atoms with Gasteiger partial charge in [0.1, 0.15) is 13.2 Å². The highest BCUT2D eigenvalue weighted by Crippen LogP contribution is 2.22. The standard InChI is InChI=1S/C11H18F4N2O2/c12-10(13)11(14,15)7-19-6-9(18)17-5-8-1-3-16-4-2-8/h8,10,16H,1-7H2,(H,17,18). The van der Waals surface area contributed by atoms with E-state index in [1.807, 2.05) is 0 Å². The average Bonchev–Trinajstić information content (AvgIpc) is 2.37. The Morgan fingerprint density at radius 3 is 2.58 bits per heavy atom. The number of rotatable bonds is 7. The van der Waals surface area contributed by atoms with E-state index < -0.39 is 31.5 Å². The molecule has 0 aromatic rings. The number of ether oxygens (including phenoxy) is 1. The maximum absolute atomic E-state index is 12.5. The summed E-state index contributed by atoms with van der Waals surface area (Å²) in [5, 5.41) is 5.72. The molecule has 1 aliphatic rings. The lowest BCUT2D eigenvalue weighted by molar-refractivity contribution is -0.168. The highest BCUT2D eigenvalue weighted by molar-refractivity contribution is 5.77. The maximum atomic E-state index is 12.5. The first-order chi connectivity index (χ1) is 8.92. The molecule has 2 N–H and O–H groups in total. The molecule has 0 aromatic heterocycles. The number of amides is 1. The van der Waals surface area contributed by atoms with Crippen molar-refractivity contribution < 1.29 is 27.1 Å². The molecule has 0 unspecified atom stereocenters. The van der Waals surface area contributed by atoms with Gasteiger partial charge >= 0.3 is 12.3 Å². The molecule has 1 saturated heterocycles. The Kier molecular flexibility index (Phi) is 6.50. The molecule has 1 aliphatic heterocycles. The minimum atomic E-state index is -4.21.